The number of halogens is 1. The van der Waals surface area contributed by atoms with Crippen LogP contribution in [0.4, 0.5) is 4.39 Å². The zero-order valence-corrected chi connectivity index (χ0v) is 13.8. The first kappa shape index (κ1) is 16.1. The third-order valence-corrected chi connectivity index (χ3v) is 3.83. The molecule has 0 amide bonds. The van der Waals surface area contributed by atoms with Gasteiger partial charge in [0.05, 0.1) is 30.2 Å². The van der Waals surface area contributed by atoms with Gasteiger partial charge in [-0.05, 0) is 45.0 Å². The molecule has 2 aromatic heterocycles. The molecule has 1 aromatic carbocycles. The number of aryl methyl sites for hydroxylation is 2. The number of ether oxygens (including phenoxy) is 1. The van der Waals surface area contributed by atoms with Gasteiger partial charge in [0.2, 0.25) is 0 Å². The Labute approximate surface area is 139 Å². The smallest absolute Gasteiger partial charge is 0.354 e. The number of nitrogens with zero attached hydrogens (tertiary/aromatic N) is 3. The molecular weight excluding hydrogens is 309 g/mol. The SMILES string of the molecule is CCOC(=O)c1cc2cc(F)ccc2n1Cc1nc(C)cnc1C. The van der Waals surface area contributed by atoms with Gasteiger partial charge in [0.15, 0.2) is 0 Å². The molecule has 0 aliphatic heterocycles. The molecule has 24 heavy (non-hydrogen) atoms. The number of aromatic nitrogens is 3. The predicted octanol–water partition coefficient (Wildman–Crippen LogP) is 3.41. The van der Waals surface area contributed by atoms with Crippen molar-refractivity contribution >= 4 is 16.9 Å². The number of carbonyl (C=O) groups is 1. The second kappa shape index (κ2) is 6.39. The molecule has 0 unspecified atom stereocenters. The monoisotopic (exact) mass is 327 g/mol. The highest BCUT2D eigenvalue weighted by atomic mass is 19.1. The van der Waals surface area contributed by atoms with E-state index in [2.05, 4.69) is 9.97 Å². The summed E-state index contributed by atoms with van der Waals surface area (Å²) in [6.45, 7) is 6.13. The molecule has 0 saturated heterocycles. The maximum absolute atomic E-state index is 13.5. The van der Waals surface area contributed by atoms with Crippen molar-refractivity contribution in [1.29, 1.82) is 0 Å². The van der Waals surface area contributed by atoms with Crippen molar-refractivity contribution in [1.82, 2.24) is 14.5 Å². The largest absolute Gasteiger partial charge is 0.461 e. The zero-order valence-electron chi connectivity index (χ0n) is 13.8. The number of rotatable bonds is 4. The van der Waals surface area contributed by atoms with Crippen LogP contribution in [-0.4, -0.2) is 27.1 Å². The van der Waals surface area contributed by atoms with E-state index in [1.54, 1.807) is 29.8 Å². The van der Waals surface area contributed by atoms with E-state index in [1.165, 1.54) is 12.1 Å². The molecule has 0 radical (unpaired) electrons. The second-order valence-corrected chi connectivity index (χ2v) is 5.58. The lowest BCUT2D eigenvalue weighted by atomic mass is 10.2. The molecule has 2 heterocycles. The average Bonchev–Trinajstić information content (AvgIpc) is 2.89. The molecule has 5 nitrogen and oxygen atoms in total. The van der Waals surface area contributed by atoms with Crippen molar-refractivity contribution in [2.45, 2.75) is 27.3 Å². The summed E-state index contributed by atoms with van der Waals surface area (Å²) in [6.07, 6.45) is 1.70. The first-order valence-electron chi connectivity index (χ1n) is 7.74. The summed E-state index contributed by atoms with van der Waals surface area (Å²) >= 11 is 0. The topological polar surface area (TPSA) is 57.0 Å². The Balaban J connectivity index is 2.15. The lowest BCUT2D eigenvalue weighted by Gasteiger charge is -2.11. The molecule has 3 aromatic rings. The van der Waals surface area contributed by atoms with Gasteiger partial charge in [-0.1, -0.05) is 0 Å². The van der Waals surface area contributed by atoms with Gasteiger partial charge in [0, 0.05) is 17.1 Å². The van der Waals surface area contributed by atoms with Crippen molar-refractivity contribution in [2.24, 2.45) is 0 Å². The van der Waals surface area contributed by atoms with Crippen LogP contribution in [-0.2, 0) is 11.3 Å². The zero-order chi connectivity index (χ0) is 17.3. The fraction of sp³-hybridized carbons (Fsp3) is 0.278. The van der Waals surface area contributed by atoms with Crippen molar-refractivity contribution in [3.63, 3.8) is 0 Å². The van der Waals surface area contributed by atoms with Crippen LogP contribution in [0, 0.1) is 19.7 Å². The number of carbonyl (C=O) groups excluding carboxylic acids is 1. The molecule has 0 bridgehead atoms. The molecule has 0 atom stereocenters. The maximum atomic E-state index is 13.5. The van der Waals surface area contributed by atoms with Gasteiger partial charge in [0.25, 0.3) is 0 Å². The lowest BCUT2D eigenvalue weighted by Crippen LogP contribution is -2.14. The summed E-state index contributed by atoms with van der Waals surface area (Å²) in [7, 11) is 0. The van der Waals surface area contributed by atoms with E-state index in [0.29, 0.717) is 17.6 Å². The third-order valence-electron chi connectivity index (χ3n) is 3.83. The van der Waals surface area contributed by atoms with Crippen LogP contribution in [0.5, 0.6) is 0 Å². The van der Waals surface area contributed by atoms with Gasteiger partial charge >= 0.3 is 5.97 Å². The molecule has 0 spiro atoms. The van der Waals surface area contributed by atoms with Crippen LogP contribution in [0.25, 0.3) is 10.9 Å². The maximum Gasteiger partial charge on any atom is 0.354 e. The Morgan fingerprint density at radius 2 is 2.08 bits per heavy atom. The van der Waals surface area contributed by atoms with Crippen molar-refractivity contribution < 1.29 is 13.9 Å². The highest BCUT2D eigenvalue weighted by molar-refractivity contribution is 5.95. The summed E-state index contributed by atoms with van der Waals surface area (Å²) in [6, 6.07) is 6.09. The number of hydrogen-bond donors (Lipinski definition) is 0. The summed E-state index contributed by atoms with van der Waals surface area (Å²) in [5.41, 5.74) is 3.49. The highest BCUT2D eigenvalue weighted by Crippen LogP contribution is 2.23. The van der Waals surface area contributed by atoms with E-state index < -0.39 is 5.97 Å². The number of hydrogen-bond acceptors (Lipinski definition) is 4. The number of fused-ring (bicyclic) bond motifs is 1. The minimum absolute atomic E-state index is 0.276. The predicted molar refractivity (Wildman–Crippen MR) is 88.5 cm³/mol. The van der Waals surface area contributed by atoms with Gasteiger partial charge in [-0.15, -0.1) is 0 Å². The molecule has 0 aliphatic carbocycles. The van der Waals surface area contributed by atoms with E-state index in [-0.39, 0.29) is 12.4 Å². The van der Waals surface area contributed by atoms with Crippen LogP contribution in [0.15, 0.2) is 30.5 Å². The average molecular weight is 327 g/mol. The van der Waals surface area contributed by atoms with Crippen molar-refractivity contribution in [2.75, 3.05) is 6.61 Å². The van der Waals surface area contributed by atoms with E-state index in [0.717, 1.165) is 22.6 Å². The van der Waals surface area contributed by atoms with E-state index in [4.69, 9.17) is 4.74 Å². The summed E-state index contributed by atoms with van der Waals surface area (Å²) in [5, 5.41) is 0.649. The van der Waals surface area contributed by atoms with E-state index in [1.807, 2.05) is 13.8 Å². The Morgan fingerprint density at radius 1 is 1.29 bits per heavy atom. The van der Waals surface area contributed by atoms with Crippen LogP contribution in [0.2, 0.25) is 0 Å². The third kappa shape index (κ3) is 2.99. The van der Waals surface area contributed by atoms with Crippen LogP contribution in [0.3, 0.4) is 0 Å². The molecule has 124 valence electrons. The van der Waals surface area contributed by atoms with Gasteiger partial charge in [-0.3, -0.25) is 9.97 Å². The van der Waals surface area contributed by atoms with Crippen LogP contribution >= 0.6 is 0 Å². The van der Waals surface area contributed by atoms with Crippen LogP contribution in [0.1, 0.15) is 34.5 Å². The van der Waals surface area contributed by atoms with Gasteiger partial charge < -0.3 is 9.30 Å². The Bertz CT molecular complexity index is 918. The first-order chi connectivity index (χ1) is 11.5. The molecule has 0 saturated carbocycles. The van der Waals surface area contributed by atoms with E-state index >= 15 is 0 Å². The Morgan fingerprint density at radius 3 is 2.83 bits per heavy atom. The van der Waals surface area contributed by atoms with Gasteiger partial charge in [-0.25, -0.2) is 9.18 Å². The Kier molecular flexibility index (Phi) is 4.29. The fourth-order valence-corrected chi connectivity index (χ4v) is 2.67. The Hall–Kier alpha value is -2.76. The standard InChI is InChI=1S/C18H18FN3O2/c1-4-24-18(23)17-8-13-7-14(19)5-6-16(13)22(17)10-15-12(3)20-9-11(2)21-15/h5-9H,4,10H2,1-3H3. The molecule has 6 heteroatoms. The minimum atomic E-state index is -0.438. The van der Waals surface area contributed by atoms with Crippen molar-refractivity contribution in [3.05, 3.63) is 59.1 Å². The number of benzene rings is 1. The molecule has 3 rings (SSSR count). The normalized spacial score (nSPS) is 11.0. The van der Waals surface area contributed by atoms with Gasteiger partial charge in [-0.2, -0.15) is 0 Å². The van der Waals surface area contributed by atoms with Crippen LogP contribution < -0.4 is 0 Å². The number of esters is 1. The lowest BCUT2D eigenvalue weighted by molar-refractivity contribution is 0.0515. The molecular formula is C18H18FN3O2. The van der Waals surface area contributed by atoms with Gasteiger partial charge in [0.1, 0.15) is 11.5 Å². The summed E-state index contributed by atoms with van der Waals surface area (Å²) in [4.78, 5) is 21.1. The minimum Gasteiger partial charge on any atom is -0.461 e. The second-order valence-electron chi connectivity index (χ2n) is 5.58. The molecule has 0 fully saturated rings. The summed E-state index contributed by atoms with van der Waals surface area (Å²) in [5.74, 6) is -0.783. The summed E-state index contributed by atoms with van der Waals surface area (Å²) < 4.78 is 20.4. The molecule has 0 aliphatic rings. The molecule has 0 N–H and O–H groups in total. The highest BCUT2D eigenvalue weighted by Gasteiger charge is 2.18. The van der Waals surface area contributed by atoms with Crippen molar-refractivity contribution in [3.8, 4) is 0 Å². The first-order valence-corrected chi connectivity index (χ1v) is 7.74. The fourth-order valence-electron chi connectivity index (χ4n) is 2.67. The van der Waals surface area contributed by atoms with E-state index in [9.17, 15) is 9.18 Å². The quantitative estimate of drug-likeness (QED) is 0.689.